The minimum Gasteiger partial charge on any atom is -0.461 e. The second-order valence-corrected chi connectivity index (χ2v) is 7.77. The van der Waals surface area contributed by atoms with Crippen LogP contribution in [0, 0.1) is 0 Å². The van der Waals surface area contributed by atoms with Crippen molar-refractivity contribution < 1.29 is 22.7 Å². The van der Waals surface area contributed by atoms with E-state index in [9.17, 15) is 18.0 Å². The van der Waals surface area contributed by atoms with Gasteiger partial charge in [0.25, 0.3) is 0 Å². The largest absolute Gasteiger partial charge is 0.461 e. The number of sulfonamides is 1. The lowest BCUT2D eigenvalue weighted by Crippen LogP contribution is -2.34. The molecule has 0 aliphatic carbocycles. The Bertz CT molecular complexity index is 817. The zero-order chi connectivity index (χ0) is 19.0. The number of nitrogens with zero attached hydrogens (tertiary/aromatic N) is 1. The third-order valence-corrected chi connectivity index (χ3v) is 4.98. The van der Waals surface area contributed by atoms with Crippen LogP contribution in [0.1, 0.15) is 31.4 Å². The molecule has 8 heteroatoms. The summed E-state index contributed by atoms with van der Waals surface area (Å²) >= 11 is 0. The number of carbonyl (C=O) groups excluding carboxylic acids is 2. The predicted octanol–water partition coefficient (Wildman–Crippen LogP) is 2.02. The monoisotopic (exact) mass is 378 g/mol. The maximum atomic E-state index is 11.9. The minimum absolute atomic E-state index is 0.0202. The first-order valence-corrected chi connectivity index (χ1v) is 9.86. The molecule has 2 rings (SSSR count). The lowest BCUT2D eigenvalue weighted by atomic mass is 10.2. The van der Waals surface area contributed by atoms with Gasteiger partial charge in [-0.25, -0.2) is 8.42 Å². The summed E-state index contributed by atoms with van der Waals surface area (Å²) < 4.78 is 32.7. The molecule has 0 saturated carbocycles. The highest BCUT2D eigenvalue weighted by Crippen LogP contribution is 2.10. The summed E-state index contributed by atoms with van der Waals surface area (Å²) in [6, 6.07) is 12.6. The average Bonchev–Trinajstić information content (AvgIpc) is 3.13. The fraction of sp³-hybridized carbons (Fsp3) is 0.333. The van der Waals surface area contributed by atoms with Gasteiger partial charge in [-0.1, -0.05) is 30.3 Å². The molecular formula is C18H22N2O5S. The van der Waals surface area contributed by atoms with Crippen molar-refractivity contribution in [1.29, 1.82) is 0 Å². The molecular weight excluding hydrogens is 356 g/mol. The van der Waals surface area contributed by atoms with Gasteiger partial charge in [-0.05, 0) is 24.6 Å². The van der Waals surface area contributed by atoms with Crippen molar-refractivity contribution in [2.24, 2.45) is 0 Å². The molecule has 1 atom stereocenters. The molecule has 1 heterocycles. The van der Waals surface area contributed by atoms with Gasteiger partial charge in [-0.3, -0.25) is 14.3 Å². The molecule has 26 heavy (non-hydrogen) atoms. The number of carbonyl (C=O) groups is 2. The SMILES string of the molecule is CC(CC(=O)NS(=O)(=O)CCC(=O)OCc1ccccc1)n1cccc1. The normalized spacial score (nSPS) is 12.3. The van der Waals surface area contributed by atoms with E-state index in [1.54, 1.807) is 24.5 Å². The van der Waals surface area contributed by atoms with Gasteiger partial charge in [0.1, 0.15) is 6.61 Å². The van der Waals surface area contributed by atoms with Gasteiger partial charge < -0.3 is 9.30 Å². The quantitative estimate of drug-likeness (QED) is 0.674. The Hall–Kier alpha value is -2.61. The number of amides is 1. The van der Waals surface area contributed by atoms with E-state index in [0.717, 1.165) is 5.56 Å². The molecule has 1 N–H and O–H groups in total. The molecule has 1 aromatic carbocycles. The molecule has 0 spiro atoms. The fourth-order valence-corrected chi connectivity index (χ4v) is 3.28. The molecule has 1 amide bonds. The third kappa shape index (κ3) is 6.72. The summed E-state index contributed by atoms with van der Waals surface area (Å²) in [5.41, 5.74) is 0.816. The van der Waals surface area contributed by atoms with Crippen LogP contribution in [0.25, 0.3) is 0 Å². The summed E-state index contributed by atoms with van der Waals surface area (Å²) in [4.78, 5) is 23.6. The second kappa shape index (κ2) is 9.19. The highest BCUT2D eigenvalue weighted by atomic mass is 32.2. The Morgan fingerprint density at radius 3 is 2.42 bits per heavy atom. The molecule has 1 aromatic heterocycles. The lowest BCUT2D eigenvalue weighted by molar-refractivity contribution is -0.144. The molecule has 0 bridgehead atoms. The zero-order valence-corrected chi connectivity index (χ0v) is 15.3. The predicted molar refractivity (Wildman–Crippen MR) is 96.5 cm³/mol. The average molecular weight is 378 g/mol. The van der Waals surface area contributed by atoms with Crippen LogP contribution in [0.2, 0.25) is 0 Å². The third-order valence-electron chi connectivity index (χ3n) is 3.70. The molecule has 1 unspecified atom stereocenters. The summed E-state index contributed by atoms with van der Waals surface area (Å²) in [5.74, 6) is -1.74. The van der Waals surface area contributed by atoms with Crippen LogP contribution in [0.3, 0.4) is 0 Å². The summed E-state index contributed by atoms with van der Waals surface area (Å²) in [7, 11) is -3.88. The first-order chi connectivity index (χ1) is 12.4. The Morgan fingerprint density at radius 2 is 1.77 bits per heavy atom. The number of nitrogens with one attached hydrogen (secondary N) is 1. The van der Waals surface area contributed by atoms with E-state index in [1.807, 2.05) is 46.5 Å². The van der Waals surface area contributed by atoms with Crippen LogP contribution >= 0.6 is 0 Å². The summed E-state index contributed by atoms with van der Waals surface area (Å²) in [5, 5.41) is 0. The number of aromatic nitrogens is 1. The maximum absolute atomic E-state index is 11.9. The van der Waals surface area contributed by atoms with Gasteiger partial charge in [-0.2, -0.15) is 0 Å². The van der Waals surface area contributed by atoms with Crippen molar-refractivity contribution in [3.05, 3.63) is 60.4 Å². The van der Waals surface area contributed by atoms with Gasteiger partial charge in [0.15, 0.2) is 0 Å². The van der Waals surface area contributed by atoms with Gasteiger partial charge in [0.05, 0.1) is 12.2 Å². The van der Waals surface area contributed by atoms with Crippen LogP contribution in [0.5, 0.6) is 0 Å². The van der Waals surface area contributed by atoms with Gasteiger partial charge in [0, 0.05) is 24.9 Å². The first kappa shape index (κ1) is 19.7. The smallest absolute Gasteiger partial charge is 0.307 e. The van der Waals surface area contributed by atoms with Crippen LogP contribution in [0.15, 0.2) is 54.9 Å². The summed E-state index contributed by atoms with van der Waals surface area (Å²) in [6.07, 6.45) is 3.30. The van der Waals surface area contributed by atoms with Crippen molar-refractivity contribution in [3.8, 4) is 0 Å². The van der Waals surface area contributed by atoms with Crippen LogP contribution in [0.4, 0.5) is 0 Å². The fourth-order valence-electron chi connectivity index (χ4n) is 2.31. The molecule has 0 saturated heterocycles. The topological polar surface area (TPSA) is 94.5 Å². The Labute approximate surface area is 153 Å². The molecule has 0 radical (unpaired) electrons. The Morgan fingerprint density at radius 1 is 1.12 bits per heavy atom. The lowest BCUT2D eigenvalue weighted by Gasteiger charge is -2.13. The molecule has 0 fully saturated rings. The highest BCUT2D eigenvalue weighted by Gasteiger charge is 2.19. The van der Waals surface area contributed by atoms with Crippen LogP contribution in [-0.4, -0.2) is 30.6 Å². The van der Waals surface area contributed by atoms with E-state index in [-0.39, 0.29) is 25.5 Å². The maximum Gasteiger partial charge on any atom is 0.307 e. The van der Waals surface area contributed by atoms with Crippen molar-refractivity contribution in [2.75, 3.05) is 5.75 Å². The van der Waals surface area contributed by atoms with Crippen molar-refractivity contribution >= 4 is 21.9 Å². The van der Waals surface area contributed by atoms with Gasteiger partial charge in [-0.15, -0.1) is 0 Å². The van der Waals surface area contributed by atoms with E-state index < -0.39 is 27.7 Å². The molecule has 2 aromatic rings. The number of hydrogen-bond acceptors (Lipinski definition) is 5. The van der Waals surface area contributed by atoms with Gasteiger partial charge >= 0.3 is 5.97 Å². The van der Waals surface area contributed by atoms with E-state index in [2.05, 4.69) is 0 Å². The van der Waals surface area contributed by atoms with Crippen LogP contribution < -0.4 is 4.72 Å². The molecule has 140 valence electrons. The molecule has 0 aliphatic rings. The van der Waals surface area contributed by atoms with Crippen molar-refractivity contribution in [1.82, 2.24) is 9.29 Å². The highest BCUT2D eigenvalue weighted by molar-refractivity contribution is 7.90. The number of benzene rings is 1. The number of rotatable bonds is 9. The summed E-state index contributed by atoms with van der Waals surface area (Å²) in [6.45, 7) is 1.90. The van der Waals surface area contributed by atoms with Crippen LogP contribution in [-0.2, 0) is 31.0 Å². The zero-order valence-electron chi connectivity index (χ0n) is 14.5. The second-order valence-electron chi connectivity index (χ2n) is 5.92. The number of ether oxygens (including phenoxy) is 1. The van der Waals surface area contributed by atoms with Crippen molar-refractivity contribution in [3.63, 3.8) is 0 Å². The van der Waals surface area contributed by atoms with Crippen molar-refractivity contribution in [2.45, 2.75) is 32.4 Å². The Kier molecular flexibility index (Phi) is 6.97. The number of esters is 1. The van der Waals surface area contributed by atoms with Gasteiger partial charge in [0.2, 0.25) is 15.9 Å². The Balaban J connectivity index is 1.73. The standard InChI is InChI=1S/C18H22N2O5S/c1-15(20-10-5-6-11-20)13-17(21)19-26(23,24)12-9-18(22)25-14-16-7-3-2-4-8-16/h2-8,10-11,15H,9,12-14H2,1H3,(H,19,21). The van der Waals surface area contributed by atoms with E-state index >= 15 is 0 Å². The van der Waals surface area contributed by atoms with E-state index in [1.165, 1.54) is 0 Å². The minimum atomic E-state index is -3.88. The number of hydrogen-bond donors (Lipinski definition) is 1. The molecule has 7 nitrogen and oxygen atoms in total. The van der Waals surface area contributed by atoms with E-state index in [4.69, 9.17) is 4.74 Å². The first-order valence-electron chi connectivity index (χ1n) is 8.21. The molecule has 0 aliphatic heterocycles. The van der Waals surface area contributed by atoms with E-state index in [0.29, 0.717) is 0 Å².